The van der Waals surface area contributed by atoms with Crippen molar-refractivity contribution in [2.24, 2.45) is 0 Å². The first kappa shape index (κ1) is 25.1. The number of pyridine rings is 1. The maximum Gasteiger partial charge on any atom is 0.273 e. The van der Waals surface area contributed by atoms with E-state index in [9.17, 15) is 15.2 Å². The topological polar surface area (TPSA) is 84.5 Å². The van der Waals surface area contributed by atoms with Crippen LogP contribution in [0.5, 0.6) is 0 Å². The zero-order valence-electron chi connectivity index (χ0n) is 20.0. The van der Waals surface area contributed by atoms with Crippen LogP contribution in [0.15, 0.2) is 108 Å². The maximum atomic E-state index is 13.0. The van der Waals surface area contributed by atoms with Gasteiger partial charge in [-0.1, -0.05) is 78.9 Å². The summed E-state index contributed by atoms with van der Waals surface area (Å²) in [6.07, 6.45) is -0.744. The molecule has 6 heteroatoms. The molecule has 0 bridgehead atoms. The number of nitrogens with zero attached hydrogens (tertiary/aromatic N) is 2. The molecule has 0 amide bonds. The molecule has 36 heavy (non-hydrogen) atoms. The van der Waals surface area contributed by atoms with E-state index in [1.165, 1.54) is 10.6 Å². The Morgan fingerprint density at radius 3 is 1.92 bits per heavy atom. The minimum atomic E-state index is -0.892. The van der Waals surface area contributed by atoms with Gasteiger partial charge in [-0.05, 0) is 36.2 Å². The highest BCUT2D eigenvalue weighted by Gasteiger charge is 2.31. The van der Waals surface area contributed by atoms with Gasteiger partial charge in [0.2, 0.25) is 0 Å². The van der Waals surface area contributed by atoms with E-state index in [-0.39, 0.29) is 18.8 Å². The fourth-order valence-electron chi connectivity index (χ4n) is 4.01. The molecule has 1 aromatic heterocycles. The molecule has 3 aromatic carbocycles. The Bertz CT molecular complexity index is 1350. The molecule has 182 valence electrons. The van der Waals surface area contributed by atoms with Crippen LogP contribution in [-0.2, 0) is 22.7 Å². The number of para-hydroxylation sites is 1. The van der Waals surface area contributed by atoms with Gasteiger partial charge in [0.1, 0.15) is 23.8 Å². The number of hydrogen-bond donors (Lipinski definition) is 1. The van der Waals surface area contributed by atoms with Gasteiger partial charge in [0.25, 0.3) is 5.56 Å². The van der Waals surface area contributed by atoms with E-state index in [0.29, 0.717) is 11.3 Å². The highest BCUT2D eigenvalue weighted by atomic mass is 16.5. The van der Waals surface area contributed by atoms with Crippen molar-refractivity contribution in [3.63, 3.8) is 0 Å². The van der Waals surface area contributed by atoms with Gasteiger partial charge in [0, 0.05) is 17.4 Å². The van der Waals surface area contributed by atoms with E-state index >= 15 is 0 Å². The van der Waals surface area contributed by atoms with Gasteiger partial charge in [-0.25, -0.2) is 0 Å². The van der Waals surface area contributed by atoms with Gasteiger partial charge in [0.15, 0.2) is 0 Å². The molecule has 0 fully saturated rings. The summed E-state index contributed by atoms with van der Waals surface area (Å²) in [6, 6.07) is 32.0. The summed E-state index contributed by atoms with van der Waals surface area (Å²) >= 11 is 0. The van der Waals surface area contributed by atoms with E-state index in [1.54, 1.807) is 25.3 Å². The summed E-state index contributed by atoms with van der Waals surface area (Å²) in [6.45, 7) is 2.17. The van der Waals surface area contributed by atoms with E-state index in [2.05, 4.69) is 0 Å². The normalized spacial score (nSPS) is 13.5. The molecular formula is C30H28N2O4. The highest BCUT2D eigenvalue weighted by Crippen LogP contribution is 2.29. The summed E-state index contributed by atoms with van der Waals surface area (Å²) in [7, 11) is 0. The van der Waals surface area contributed by atoms with Gasteiger partial charge < -0.3 is 14.6 Å². The fourth-order valence-corrected chi connectivity index (χ4v) is 4.01. The molecular weight excluding hydrogens is 452 g/mol. The average molecular weight is 481 g/mol. The first-order valence-electron chi connectivity index (χ1n) is 11.8. The largest absolute Gasteiger partial charge is 0.391 e. The van der Waals surface area contributed by atoms with Crippen molar-refractivity contribution >= 4 is 0 Å². The summed E-state index contributed by atoms with van der Waals surface area (Å²) < 4.78 is 14.0. The number of benzene rings is 3. The fraction of sp³-hybridized carbons (Fsp3) is 0.200. The minimum absolute atomic E-state index is 0.0166. The third-order valence-electron chi connectivity index (χ3n) is 5.85. The number of aliphatic hydroxyl groups is 1. The Balaban J connectivity index is 1.75. The lowest BCUT2D eigenvalue weighted by Crippen LogP contribution is -2.35. The number of aromatic nitrogens is 1. The SMILES string of the molecule is C[C@H](O)[C@H](OCc1ccccc1)[C@@H](OCc1ccccc1)c1cc(C#N)c(=O)n(-c2ccccc2)c1. The number of nitriles is 1. The predicted molar refractivity (Wildman–Crippen MR) is 137 cm³/mol. The second kappa shape index (κ2) is 12.1. The summed E-state index contributed by atoms with van der Waals surface area (Å²) in [4.78, 5) is 13.0. The smallest absolute Gasteiger partial charge is 0.273 e. The van der Waals surface area contributed by atoms with Crippen molar-refractivity contribution in [1.82, 2.24) is 4.57 Å². The zero-order valence-corrected chi connectivity index (χ0v) is 20.0. The molecule has 0 unspecified atom stereocenters. The quantitative estimate of drug-likeness (QED) is 0.348. The molecule has 0 saturated carbocycles. The third kappa shape index (κ3) is 6.15. The Hall–Kier alpha value is -4.02. The van der Waals surface area contributed by atoms with Gasteiger partial charge in [-0.3, -0.25) is 9.36 Å². The van der Waals surface area contributed by atoms with Gasteiger partial charge in [0.05, 0.1) is 19.3 Å². The van der Waals surface area contributed by atoms with Crippen molar-refractivity contribution in [2.45, 2.75) is 38.4 Å². The van der Waals surface area contributed by atoms with Crippen LogP contribution in [-0.4, -0.2) is 21.9 Å². The molecule has 0 aliphatic rings. The lowest BCUT2D eigenvalue weighted by atomic mass is 10.00. The first-order chi connectivity index (χ1) is 17.6. The number of ether oxygens (including phenoxy) is 2. The van der Waals surface area contributed by atoms with E-state index in [4.69, 9.17) is 9.47 Å². The van der Waals surface area contributed by atoms with Gasteiger partial charge >= 0.3 is 0 Å². The monoisotopic (exact) mass is 480 g/mol. The zero-order chi connectivity index (χ0) is 25.3. The molecule has 0 saturated heterocycles. The number of hydrogen-bond acceptors (Lipinski definition) is 5. The van der Waals surface area contributed by atoms with Crippen LogP contribution < -0.4 is 5.56 Å². The van der Waals surface area contributed by atoms with Crippen LogP contribution in [0.4, 0.5) is 0 Å². The van der Waals surface area contributed by atoms with Crippen LogP contribution in [0.2, 0.25) is 0 Å². The average Bonchev–Trinajstić information content (AvgIpc) is 2.92. The molecule has 3 atom stereocenters. The molecule has 4 aromatic rings. The Kier molecular flexibility index (Phi) is 8.43. The van der Waals surface area contributed by atoms with Crippen LogP contribution >= 0.6 is 0 Å². The maximum absolute atomic E-state index is 13.0. The molecule has 0 radical (unpaired) electrons. The molecule has 0 aliphatic carbocycles. The van der Waals surface area contributed by atoms with E-state index in [1.807, 2.05) is 84.9 Å². The summed E-state index contributed by atoms with van der Waals surface area (Å²) in [5.41, 5.74) is 2.65. The van der Waals surface area contributed by atoms with Crippen molar-refractivity contribution in [3.05, 3.63) is 136 Å². The highest BCUT2D eigenvalue weighted by molar-refractivity contribution is 5.39. The Morgan fingerprint density at radius 1 is 0.861 bits per heavy atom. The molecule has 0 spiro atoms. The van der Waals surface area contributed by atoms with Crippen molar-refractivity contribution in [3.8, 4) is 11.8 Å². The summed E-state index contributed by atoms with van der Waals surface area (Å²) in [5, 5.41) is 20.5. The van der Waals surface area contributed by atoms with Gasteiger partial charge in [-0.15, -0.1) is 0 Å². The van der Waals surface area contributed by atoms with E-state index < -0.39 is 23.9 Å². The Morgan fingerprint density at radius 2 is 1.39 bits per heavy atom. The lowest BCUT2D eigenvalue weighted by Gasteiger charge is -2.30. The molecule has 0 aliphatic heterocycles. The van der Waals surface area contributed by atoms with Crippen LogP contribution in [0.25, 0.3) is 5.69 Å². The standard InChI is InChI=1S/C30H28N2O4/c1-22(33)28(35-20-23-11-5-2-6-12-23)29(36-21-24-13-7-3-8-14-24)26-17-25(18-31)30(34)32(19-26)27-15-9-4-10-16-27/h2-17,19,22,28-29,33H,20-21H2,1H3/t22-,28-,29-/m0/s1. The van der Waals surface area contributed by atoms with E-state index in [0.717, 1.165) is 11.1 Å². The van der Waals surface area contributed by atoms with Crippen molar-refractivity contribution in [1.29, 1.82) is 5.26 Å². The third-order valence-corrected chi connectivity index (χ3v) is 5.85. The number of rotatable bonds is 10. The Labute approximate surface area is 210 Å². The van der Waals surface area contributed by atoms with Crippen molar-refractivity contribution in [2.75, 3.05) is 0 Å². The molecule has 1 heterocycles. The summed E-state index contributed by atoms with van der Waals surface area (Å²) in [5.74, 6) is 0. The number of aliphatic hydroxyl groups excluding tert-OH is 1. The van der Waals surface area contributed by atoms with Crippen LogP contribution in [0.1, 0.15) is 35.3 Å². The molecule has 1 N–H and O–H groups in total. The predicted octanol–water partition coefficient (Wildman–Crippen LogP) is 4.93. The lowest BCUT2D eigenvalue weighted by molar-refractivity contribution is -0.130. The molecule has 4 rings (SSSR count). The minimum Gasteiger partial charge on any atom is -0.391 e. The van der Waals surface area contributed by atoms with Crippen LogP contribution in [0, 0.1) is 11.3 Å². The second-order valence-electron chi connectivity index (χ2n) is 8.53. The van der Waals surface area contributed by atoms with Gasteiger partial charge in [-0.2, -0.15) is 5.26 Å². The van der Waals surface area contributed by atoms with Crippen molar-refractivity contribution < 1.29 is 14.6 Å². The molecule has 6 nitrogen and oxygen atoms in total. The first-order valence-corrected chi connectivity index (χ1v) is 11.8. The van der Waals surface area contributed by atoms with Crippen LogP contribution in [0.3, 0.4) is 0 Å². The second-order valence-corrected chi connectivity index (χ2v) is 8.53.